The topological polar surface area (TPSA) is 55.6 Å². The highest BCUT2D eigenvalue weighted by Crippen LogP contribution is 2.10. The molecule has 0 unspecified atom stereocenters. The molecule has 0 bridgehead atoms. The van der Waals surface area contributed by atoms with Gasteiger partial charge in [0, 0.05) is 6.54 Å². The van der Waals surface area contributed by atoms with Gasteiger partial charge in [0.25, 0.3) is 0 Å². The number of nitrogens with one attached hydrogen (secondary N) is 1. The minimum absolute atomic E-state index is 0.675. The molecule has 0 aliphatic rings. The van der Waals surface area contributed by atoms with Gasteiger partial charge in [0.2, 0.25) is 5.95 Å². The van der Waals surface area contributed by atoms with Crippen LogP contribution in [0.3, 0.4) is 0 Å². The van der Waals surface area contributed by atoms with E-state index in [-0.39, 0.29) is 0 Å². The number of hydrogen-bond donors (Lipinski definition) is 1. The molecule has 1 aromatic heterocycles. The van der Waals surface area contributed by atoms with Crippen LogP contribution in [0.15, 0.2) is 60.7 Å². The third-order valence-corrected chi connectivity index (χ3v) is 3.24. The molecule has 2 aromatic carbocycles. The fourth-order valence-corrected chi connectivity index (χ4v) is 2.18. The number of rotatable bonds is 6. The van der Waals surface area contributed by atoms with Crippen LogP contribution in [0.2, 0.25) is 0 Å². The van der Waals surface area contributed by atoms with Crippen molar-refractivity contribution in [1.82, 2.24) is 20.2 Å². The Morgan fingerprint density at radius 3 is 2.38 bits per heavy atom. The Kier molecular flexibility index (Phi) is 4.21. The molecular formula is C16H17N5. The number of hydrogen-bond acceptors (Lipinski definition) is 4. The highest BCUT2D eigenvalue weighted by molar-refractivity contribution is 5.38. The number of tetrazole rings is 1. The molecule has 0 aliphatic heterocycles. The monoisotopic (exact) mass is 279 g/mol. The lowest BCUT2D eigenvalue weighted by Crippen LogP contribution is -2.09. The average molecular weight is 279 g/mol. The van der Waals surface area contributed by atoms with Crippen molar-refractivity contribution in [3.05, 3.63) is 66.2 Å². The molecule has 1 heterocycles. The van der Waals surface area contributed by atoms with Gasteiger partial charge in [-0.2, -0.15) is 4.68 Å². The molecule has 0 saturated heterocycles. The largest absolute Gasteiger partial charge is 0.353 e. The van der Waals surface area contributed by atoms with Gasteiger partial charge in [0.1, 0.15) is 0 Å². The summed E-state index contributed by atoms with van der Waals surface area (Å²) >= 11 is 0. The molecule has 0 spiro atoms. The lowest BCUT2D eigenvalue weighted by Gasteiger charge is -2.07. The lowest BCUT2D eigenvalue weighted by atomic mass is 10.1. The normalized spacial score (nSPS) is 10.5. The summed E-state index contributed by atoms with van der Waals surface area (Å²) in [6.45, 7) is 0.835. The highest BCUT2D eigenvalue weighted by atomic mass is 15.6. The molecule has 0 saturated carbocycles. The van der Waals surface area contributed by atoms with Crippen LogP contribution in [0.25, 0.3) is 5.69 Å². The van der Waals surface area contributed by atoms with Crippen molar-refractivity contribution < 1.29 is 0 Å². The smallest absolute Gasteiger partial charge is 0.247 e. The van der Waals surface area contributed by atoms with E-state index in [2.05, 4.69) is 45.1 Å². The number of anilines is 1. The maximum atomic E-state index is 4.03. The Morgan fingerprint density at radius 1 is 0.905 bits per heavy atom. The van der Waals surface area contributed by atoms with Crippen LogP contribution in [-0.4, -0.2) is 26.8 Å². The zero-order chi connectivity index (χ0) is 14.3. The SMILES string of the molecule is c1ccc(CCCNc2nnnn2-c2ccccc2)cc1. The number of aryl methyl sites for hydroxylation is 1. The van der Waals surface area contributed by atoms with Gasteiger partial charge >= 0.3 is 0 Å². The van der Waals surface area contributed by atoms with Crippen molar-refractivity contribution in [2.75, 3.05) is 11.9 Å². The summed E-state index contributed by atoms with van der Waals surface area (Å²) in [7, 11) is 0. The van der Waals surface area contributed by atoms with Crippen molar-refractivity contribution in [3.8, 4) is 5.69 Å². The van der Waals surface area contributed by atoms with E-state index in [1.165, 1.54) is 5.56 Å². The summed E-state index contributed by atoms with van der Waals surface area (Å²) in [4.78, 5) is 0. The number of benzene rings is 2. The maximum absolute atomic E-state index is 4.03. The first-order chi connectivity index (χ1) is 10.4. The fraction of sp³-hybridized carbons (Fsp3) is 0.188. The summed E-state index contributed by atoms with van der Waals surface area (Å²) in [6, 6.07) is 20.3. The number of nitrogens with zero attached hydrogens (tertiary/aromatic N) is 4. The summed E-state index contributed by atoms with van der Waals surface area (Å²) in [5.41, 5.74) is 2.30. The van der Waals surface area contributed by atoms with Crippen molar-refractivity contribution in [1.29, 1.82) is 0 Å². The molecule has 0 fully saturated rings. The first kappa shape index (κ1) is 13.3. The highest BCUT2D eigenvalue weighted by Gasteiger charge is 2.06. The molecule has 3 aromatic rings. The molecule has 5 nitrogen and oxygen atoms in total. The van der Waals surface area contributed by atoms with Gasteiger partial charge in [-0.1, -0.05) is 53.6 Å². The standard InChI is InChI=1S/C16H17N5/c1-3-8-14(9-4-1)10-7-13-17-16-18-19-20-21(16)15-11-5-2-6-12-15/h1-6,8-9,11-12H,7,10,13H2,(H,17,18,20). The fourth-order valence-electron chi connectivity index (χ4n) is 2.18. The zero-order valence-electron chi connectivity index (χ0n) is 11.7. The van der Waals surface area contributed by atoms with Crippen LogP contribution in [0, 0.1) is 0 Å². The van der Waals surface area contributed by atoms with E-state index in [1.54, 1.807) is 4.68 Å². The van der Waals surface area contributed by atoms with Gasteiger partial charge < -0.3 is 5.32 Å². The Bertz CT molecular complexity index is 663. The minimum atomic E-state index is 0.675. The second-order valence-corrected chi connectivity index (χ2v) is 4.77. The number of para-hydroxylation sites is 1. The minimum Gasteiger partial charge on any atom is -0.353 e. The second-order valence-electron chi connectivity index (χ2n) is 4.77. The molecule has 0 atom stereocenters. The van der Waals surface area contributed by atoms with E-state index in [0.717, 1.165) is 25.1 Å². The predicted molar refractivity (Wildman–Crippen MR) is 82.4 cm³/mol. The van der Waals surface area contributed by atoms with Crippen LogP contribution in [0.1, 0.15) is 12.0 Å². The molecule has 21 heavy (non-hydrogen) atoms. The average Bonchev–Trinajstić information content (AvgIpc) is 3.02. The first-order valence-corrected chi connectivity index (χ1v) is 7.05. The third-order valence-electron chi connectivity index (χ3n) is 3.24. The van der Waals surface area contributed by atoms with Crippen LogP contribution >= 0.6 is 0 Å². The van der Waals surface area contributed by atoms with Gasteiger partial charge in [-0.05, 0) is 41.0 Å². The number of aromatic nitrogens is 4. The first-order valence-electron chi connectivity index (χ1n) is 7.05. The van der Waals surface area contributed by atoms with Crippen LogP contribution in [-0.2, 0) is 6.42 Å². The maximum Gasteiger partial charge on any atom is 0.247 e. The molecule has 5 heteroatoms. The Labute approximate surface area is 123 Å². The quantitative estimate of drug-likeness (QED) is 0.705. The van der Waals surface area contributed by atoms with Gasteiger partial charge in [0.05, 0.1) is 5.69 Å². The summed E-state index contributed by atoms with van der Waals surface area (Å²) < 4.78 is 1.71. The Hall–Kier alpha value is -2.69. The molecule has 0 amide bonds. The molecule has 0 aliphatic carbocycles. The van der Waals surface area contributed by atoms with E-state index in [4.69, 9.17) is 0 Å². The van der Waals surface area contributed by atoms with E-state index in [1.807, 2.05) is 36.4 Å². The molecule has 106 valence electrons. The lowest BCUT2D eigenvalue weighted by molar-refractivity contribution is 0.785. The van der Waals surface area contributed by atoms with Crippen LogP contribution in [0.4, 0.5) is 5.95 Å². The van der Waals surface area contributed by atoms with Gasteiger partial charge in [0.15, 0.2) is 0 Å². The van der Waals surface area contributed by atoms with Crippen molar-refractivity contribution in [2.45, 2.75) is 12.8 Å². The van der Waals surface area contributed by atoms with Crippen molar-refractivity contribution in [3.63, 3.8) is 0 Å². The third kappa shape index (κ3) is 3.45. The van der Waals surface area contributed by atoms with Gasteiger partial charge in [-0.25, -0.2) is 0 Å². The summed E-state index contributed by atoms with van der Waals surface area (Å²) in [6.07, 6.45) is 2.08. The molecule has 3 rings (SSSR count). The Morgan fingerprint density at radius 2 is 1.62 bits per heavy atom. The molecule has 0 radical (unpaired) electrons. The van der Waals surface area contributed by atoms with Crippen LogP contribution in [0.5, 0.6) is 0 Å². The van der Waals surface area contributed by atoms with E-state index in [9.17, 15) is 0 Å². The van der Waals surface area contributed by atoms with Crippen molar-refractivity contribution >= 4 is 5.95 Å². The molecule has 1 N–H and O–H groups in total. The Balaban J connectivity index is 1.56. The van der Waals surface area contributed by atoms with Gasteiger partial charge in [-0.3, -0.25) is 0 Å². The molecular weight excluding hydrogens is 262 g/mol. The second kappa shape index (κ2) is 6.65. The van der Waals surface area contributed by atoms with Crippen LogP contribution < -0.4 is 5.32 Å². The zero-order valence-corrected chi connectivity index (χ0v) is 11.7. The van der Waals surface area contributed by atoms with Gasteiger partial charge in [-0.15, -0.1) is 0 Å². The van der Waals surface area contributed by atoms with E-state index in [0.29, 0.717) is 5.95 Å². The summed E-state index contributed by atoms with van der Waals surface area (Å²) in [5, 5.41) is 15.1. The predicted octanol–water partition coefficient (Wildman–Crippen LogP) is 2.71. The van der Waals surface area contributed by atoms with E-state index < -0.39 is 0 Å². The van der Waals surface area contributed by atoms with E-state index >= 15 is 0 Å². The summed E-state index contributed by atoms with van der Waals surface area (Å²) in [5.74, 6) is 0.675. The van der Waals surface area contributed by atoms with Crippen molar-refractivity contribution in [2.24, 2.45) is 0 Å².